The van der Waals surface area contributed by atoms with Crippen LogP contribution in [0.25, 0.3) is 0 Å². The number of hydrogen-bond acceptors (Lipinski definition) is 2. The molecule has 0 N–H and O–H groups in total. The highest BCUT2D eigenvalue weighted by atomic mass is 19.3. The van der Waals surface area contributed by atoms with Crippen molar-refractivity contribution in [3.63, 3.8) is 0 Å². The van der Waals surface area contributed by atoms with E-state index in [1.807, 2.05) is 12.1 Å². The maximum atomic E-state index is 14.4. The highest BCUT2D eigenvalue weighted by Gasteiger charge is 2.36. The van der Waals surface area contributed by atoms with Crippen LogP contribution in [-0.2, 0) is 6.11 Å². The Morgan fingerprint density at radius 1 is 0.577 bits per heavy atom. The van der Waals surface area contributed by atoms with E-state index < -0.39 is 47.8 Å². The highest BCUT2D eigenvalue weighted by molar-refractivity contribution is 5.33. The van der Waals surface area contributed by atoms with Crippen molar-refractivity contribution in [2.45, 2.75) is 97.0 Å². The van der Waals surface area contributed by atoms with Crippen LogP contribution in [0.15, 0.2) is 72.8 Å². The molecule has 2 fully saturated rings. The Morgan fingerprint density at radius 3 is 1.48 bits per heavy atom. The van der Waals surface area contributed by atoms with Crippen LogP contribution < -0.4 is 9.47 Å². The lowest BCUT2D eigenvalue weighted by Gasteiger charge is -2.27. The predicted octanol–water partition coefficient (Wildman–Crippen LogP) is 13.9. The molecule has 0 bridgehead atoms. The normalized spacial score (nSPS) is 20.2. The summed E-state index contributed by atoms with van der Waals surface area (Å²) in [6, 6.07) is 18.2. The molecular formula is C42H50F8O2. The summed E-state index contributed by atoms with van der Waals surface area (Å²) in [5.41, 5.74) is 2.16. The minimum Gasteiger partial charge on any atom is -0.463 e. The van der Waals surface area contributed by atoms with Gasteiger partial charge >= 0.3 is 6.11 Å². The molecule has 0 aliphatic heterocycles. The van der Waals surface area contributed by atoms with Crippen molar-refractivity contribution in [1.82, 2.24) is 0 Å². The molecule has 2 nitrogen and oxygen atoms in total. The van der Waals surface area contributed by atoms with E-state index >= 15 is 0 Å². The Balaban J connectivity index is 0.000000307. The number of alkyl halides is 3. The van der Waals surface area contributed by atoms with Crippen molar-refractivity contribution < 1.29 is 47.5 Å². The second-order valence-corrected chi connectivity index (χ2v) is 14.0. The van der Waals surface area contributed by atoms with Gasteiger partial charge in [-0.25, -0.2) is 22.0 Å². The smallest absolute Gasteiger partial charge is 0.426 e. The van der Waals surface area contributed by atoms with Gasteiger partial charge in [0.2, 0.25) is 12.7 Å². The Kier molecular flexibility index (Phi) is 14.6. The van der Waals surface area contributed by atoms with Gasteiger partial charge in [-0.1, -0.05) is 75.9 Å². The Morgan fingerprint density at radius 2 is 1.02 bits per heavy atom. The summed E-state index contributed by atoms with van der Waals surface area (Å²) in [6.07, 6.45) is 5.87. The second-order valence-electron chi connectivity index (χ2n) is 14.0. The van der Waals surface area contributed by atoms with Crippen LogP contribution in [0.4, 0.5) is 35.1 Å². The van der Waals surface area contributed by atoms with Crippen LogP contribution >= 0.6 is 0 Å². The van der Waals surface area contributed by atoms with Crippen LogP contribution in [0.3, 0.4) is 0 Å². The van der Waals surface area contributed by atoms with E-state index in [-0.39, 0.29) is 19.5 Å². The van der Waals surface area contributed by atoms with Crippen molar-refractivity contribution in [3.05, 3.63) is 130 Å². The lowest BCUT2D eigenvalue weighted by molar-refractivity contribution is -0.187. The Bertz CT molecular complexity index is 1700. The predicted molar refractivity (Wildman–Crippen MR) is 191 cm³/mol. The molecule has 0 spiro atoms. The van der Waals surface area contributed by atoms with Crippen LogP contribution in [0, 0.1) is 54.8 Å². The standard InChI is InChI=1S/C21H22F4O.C14H19FO.C7H5F3.2H2/c1-13-3-6-15(7-4-13)16-8-10-17(11-9-16)21(24,25)26-18-12-5-14(2)19(22)20(18)23;1-11-2-4-12(5-3-11)13-6-8-14(9-7-13)16-10-15;1-4-2-3-5(8)7(10)6(4)9;;/h5,8-13,15H,3-4,6-7H2,1-2H3;6-9,11-12H,2-5,10H2,1H3;2-3H,1H3;2*1H. The molecule has 52 heavy (non-hydrogen) atoms. The fraction of sp³-hybridized carbons (Fsp3) is 0.429. The molecule has 10 heteroatoms. The molecule has 0 saturated heterocycles. The maximum Gasteiger partial charge on any atom is 0.426 e. The fourth-order valence-corrected chi connectivity index (χ4v) is 6.56. The van der Waals surface area contributed by atoms with E-state index in [2.05, 4.69) is 30.7 Å². The molecule has 0 unspecified atom stereocenters. The summed E-state index contributed by atoms with van der Waals surface area (Å²) < 4.78 is 114. The zero-order chi connectivity index (χ0) is 38.0. The van der Waals surface area contributed by atoms with Gasteiger partial charge in [-0.2, -0.15) is 13.2 Å². The van der Waals surface area contributed by atoms with Gasteiger partial charge in [-0.15, -0.1) is 0 Å². The van der Waals surface area contributed by atoms with Gasteiger partial charge in [-0.3, -0.25) is 0 Å². The molecule has 2 aliphatic carbocycles. The first kappa shape index (κ1) is 40.7. The van der Waals surface area contributed by atoms with Gasteiger partial charge in [0, 0.05) is 2.85 Å². The van der Waals surface area contributed by atoms with E-state index in [0.29, 0.717) is 23.5 Å². The molecule has 0 radical (unpaired) electrons. The number of ether oxygens (including phenoxy) is 2. The SMILES string of the molecule is CC1CCC(c2ccc(OCF)cc2)CC1.Cc1ccc(F)c(F)c1F.Cc1ccc(OC(F)(F)c2ccc(C3CCC(C)CC3)cc2)c(F)c1F.[HH].[HH]. The largest absolute Gasteiger partial charge is 0.463 e. The summed E-state index contributed by atoms with van der Waals surface area (Å²) in [5, 5.41) is 0. The summed E-state index contributed by atoms with van der Waals surface area (Å²) in [7, 11) is 0. The van der Waals surface area contributed by atoms with Gasteiger partial charge in [0.1, 0.15) is 5.75 Å². The van der Waals surface area contributed by atoms with Crippen LogP contribution in [0.2, 0.25) is 0 Å². The van der Waals surface area contributed by atoms with Crippen molar-refractivity contribution in [2.75, 3.05) is 6.86 Å². The average molecular weight is 739 g/mol. The van der Waals surface area contributed by atoms with Crippen LogP contribution in [0.1, 0.15) is 108 Å². The van der Waals surface area contributed by atoms with Gasteiger partial charge in [-0.05, 0) is 122 Å². The first-order valence-electron chi connectivity index (χ1n) is 17.7. The molecule has 6 rings (SSSR count). The van der Waals surface area contributed by atoms with Crippen LogP contribution in [0.5, 0.6) is 11.5 Å². The summed E-state index contributed by atoms with van der Waals surface area (Å²) >= 11 is 0. The zero-order valence-corrected chi connectivity index (χ0v) is 29.9. The second kappa shape index (κ2) is 18.6. The average Bonchev–Trinajstić information content (AvgIpc) is 3.14. The molecule has 286 valence electrons. The van der Waals surface area contributed by atoms with E-state index in [0.717, 1.165) is 49.3 Å². The number of benzene rings is 4. The first-order valence-corrected chi connectivity index (χ1v) is 17.7. The van der Waals surface area contributed by atoms with Crippen molar-refractivity contribution in [3.8, 4) is 11.5 Å². The molecule has 4 aromatic carbocycles. The summed E-state index contributed by atoms with van der Waals surface area (Å²) in [6.45, 7) is 6.53. The van der Waals surface area contributed by atoms with Gasteiger partial charge < -0.3 is 9.47 Å². The zero-order valence-electron chi connectivity index (χ0n) is 29.9. The minimum atomic E-state index is -3.75. The molecular weight excluding hydrogens is 688 g/mol. The van der Waals surface area contributed by atoms with Crippen LogP contribution in [-0.4, -0.2) is 6.86 Å². The molecule has 0 aromatic heterocycles. The Labute approximate surface area is 304 Å². The Hall–Kier alpha value is -4.08. The van der Waals surface area contributed by atoms with Gasteiger partial charge in [0.15, 0.2) is 29.0 Å². The van der Waals surface area contributed by atoms with Gasteiger partial charge in [0.25, 0.3) is 0 Å². The molecule has 0 atom stereocenters. The molecule has 2 aliphatic rings. The number of aryl methyl sites for hydroxylation is 2. The first-order chi connectivity index (χ1) is 24.7. The fourth-order valence-electron chi connectivity index (χ4n) is 6.56. The molecule has 4 aromatic rings. The number of hydrogen-bond donors (Lipinski definition) is 0. The van der Waals surface area contributed by atoms with E-state index in [1.165, 1.54) is 69.4 Å². The third kappa shape index (κ3) is 11.0. The third-order valence-electron chi connectivity index (χ3n) is 10.0. The summed E-state index contributed by atoms with van der Waals surface area (Å²) in [5.74, 6) is -3.76. The quantitative estimate of drug-likeness (QED) is 0.139. The number of rotatable bonds is 7. The minimum absolute atomic E-state index is 0. The van der Waals surface area contributed by atoms with E-state index in [9.17, 15) is 35.1 Å². The lowest BCUT2D eigenvalue weighted by Crippen LogP contribution is -2.23. The molecule has 0 amide bonds. The molecule has 0 heterocycles. The topological polar surface area (TPSA) is 18.5 Å². The van der Waals surface area contributed by atoms with Crippen molar-refractivity contribution >= 4 is 0 Å². The lowest BCUT2D eigenvalue weighted by atomic mass is 9.79. The summed E-state index contributed by atoms with van der Waals surface area (Å²) in [4.78, 5) is 0. The van der Waals surface area contributed by atoms with E-state index in [1.54, 1.807) is 12.1 Å². The van der Waals surface area contributed by atoms with Crippen molar-refractivity contribution in [2.24, 2.45) is 11.8 Å². The maximum absolute atomic E-state index is 14.4. The van der Waals surface area contributed by atoms with Crippen molar-refractivity contribution in [1.29, 1.82) is 0 Å². The van der Waals surface area contributed by atoms with E-state index in [4.69, 9.17) is 4.74 Å². The van der Waals surface area contributed by atoms with Gasteiger partial charge in [0.05, 0.1) is 5.56 Å². The molecule has 2 saturated carbocycles. The highest BCUT2D eigenvalue weighted by Crippen LogP contribution is 2.39. The third-order valence-corrected chi connectivity index (χ3v) is 10.0. The monoisotopic (exact) mass is 738 g/mol. The number of halogens is 8.